The lowest BCUT2D eigenvalue weighted by Crippen LogP contribution is -2.67. The van der Waals surface area contributed by atoms with Crippen molar-refractivity contribution in [1.29, 1.82) is 0 Å². The van der Waals surface area contributed by atoms with Gasteiger partial charge in [-0.1, -0.05) is 95.3 Å². The molecule has 1 N–H and O–H groups in total. The van der Waals surface area contributed by atoms with Gasteiger partial charge in [-0.2, -0.15) is 0 Å². The molecule has 0 aliphatic carbocycles. The summed E-state index contributed by atoms with van der Waals surface area (Å²) >= 11 is 1.72. The van der Waals surface area contributed by atoms with Gasteiger partial charge in [0, 0.05) is 0 Å². The monoisotopic (exact) mass is 444 g/mol. The van der Waals surface area contributed by atoms with E-state index in [-0.39, 0.29) is 22.5 Å². The summed E-state index contributed by atoms with van der Waals surface area (Å²) in [5.41, 5.74) is 0.0798. The first kappa shape index (κ1) is 23.5. The maximum Gasteiger partial charge on any atom is 0.261 e. The van der Waals surface area contributed by atoms with Gasteiger partial charge >= 0.3 is 0 Å². The van der Waals surface area contributed by atoms with Gasteiger partial charge in [0.2, 0.25) is 0 Å². The zero-order chi connectivity index (χ0) is 21.9. The van der Waals surface area contributed by atoms with Crippen molar-refractivity contribution >= 4 is 30.5 Å². The average Bonchev–Trinajstić information content (AvgIpc) is 2.74. The highest BCUT2D eigenvalue weighted by atomic mass is 32.2. The van der Waals surface area contributed by atoms with Crippen molar-refractivity contribution in [2.75, 3.05) is 12.9 Å². The second-order valence-corrected chi connectivity index (χ2v) is 14.7. The fourth-order valence-corrected chi connectivity index (χ4v) is 10.2. The Kier molecular flexibility index (Phi) is 7.52. The summed E-state index contributed by atoms with van der Waals surface area (Å²) < 4.78 is 13.3. The minimum absolute atomic E-state index is 0.0798. The van der Waals surface area contributed by atoms with Gasteiger partial charge in [-0.25, -0.2) is 0 Å². The van der Waals surface area contributed by atoms with Gasteiger partial charge in [-0.3, -0.25) is 0 Å². The van der Waals surface area contributed by atoms with E-state index in [2.05, 4.69) is 102 Å². The second kappa shape index (κ2) is 9.57. The smallest absolute Gasteiger partial charge is 0.261 e. The largest absolute Gasteiger partial charge is 0.405 e. The fraction of sp³-hybridized carbons (Fsp3) is 0.520. The molecule has 1 aliphatic heterocycles. The highest BCUT2D eigenvalue weighted by Gasteiger charge is 2.51. The van der Waals surface area contributed by atoms with Crippen LogP contribution in [0.2, 0.25) is 5.04 Å². The van der Waals surface area contributed by atoms with Crippen LogP contribution in [0.25, 0.3) is 0 Å². The van der Waals surface area contributed by atoms with Crippen molar-refractivity contribution in [3.8, 4) is 0 Å². The van der Waals surface area contributed by atoms with Crippen LogP contribution in [-0.4, -0.2) is 43.9 Å². The molecule has 2 unspecified atom stereocenters. The molecule has 0 bridgehead atoms. The first-order valence-electron chi connectivity index (χ1n) is 10.8. The highest BCUT2D eigenvalue weighted by Crippen LogP contribution is 2.39. The molecule has 3 nitrogen and oxygen atoms in total. The van der Waals surface area contributed by atoms with E-state index >= 15 is 0 Å². The number of benzene rings is 2. The Labute approximate surface area is 187 Å². The van der Waals surface area contributed by atoms with Crippen LogP contribution in [0.1, 0.15) is 34.6 Å². The number of hydrogen-bond acceptors (Lipinski definition) is 4. The van der Waals surface area contributed by atoms with E-state index in [0.29, 0.717) is 12.5 Å². The number of aliphatic hydroxyl groups excluding tert-OH is 1. The van der Waals surface area contributed by atoms with Gasteiger partial charge in [0.1, 0.15) is 11.5 Å². The Bertz CT molecular complexity index is 752. The summed E-state index contributed by atoms with van der Waals surface area (Å²) in [4.78, 5) is 0. The van der Waals surface area contributed by atoms with Crippen molar-refractivity contribution in [3.63, 3.8) is 0 Å². The van der Waals surface area contributed by atoms with E-state index in [1.54, 1.807) is 11.8 Å². The molecular formula is C25H36O3SSi. The minimum Gasteiger partial charge on any atom is -0.405 e. The lowest BCUT2D eigenvalue weighted by atomic mass is 9.86. The predicted molar refractivity (Wildman–Crippen MR) is 130 cm³/mol. The summed E-state index contributed by atoms with van der Waals surface area (Å²) in [5, 5.41) is 13.4. The summed E-state index contributed by atoms with van der Waals surface area (Å²) in [6, 6.07) is 21.2. The van der Waals surface area contributed by atoms with Crippen LogP contribution < -0.4 is 10.4 Å². The first-order chi connectivity index (χ1) is 14.2. The van der Waals surface area contributed by atoms with E-state index in [4.69, 9.17) is 9.16 Å². The number of ether oxygens (including phenoxy) is 1. The molecule has 5 heteroatoms. The quantitative estimate of drug-likeness (QED) is 0.675. The lowest BCUT2D eigenvalue weighted by Gasteiger charge is -2.46. The summed E-state index contributed by atoms with van der Waals surface area (Å²) in [6.45, 7) is 11.5. The van der Waals surface area contributed by atoms with Gasteiger partial charge < -0.3 is 14.3 Å². The van der Waals surface area contributed by atoms with Gasteiger partial charge in [0.15, 0.2) is 0 Å². The van der Waals surface area contributed by atoms with Gasteiger partial charge in [0.25, 0.3) is 8.32 Å². The van der Waals surface area contributed by atoms with E-state index in [1.165, 1.54) is 10.4 Å². The Hall–Kier alpha value is -1.11. The molecular weight excluding hydrogens is 408 g/mol. The fourth-order valence-electron chi connectivity index (χ4n) is 4.65. The number of aliphatic hydroxyl groups is 1. The zero-order valence-electron chi connectivity index (χ0n) is 19.0. The van der Waals surface area contributed by atoms with Crippen LogP contribution in [0.15, 0.2) is 60.7 Å². The Balaban J connectivity index is 2.00. The zero-order valence-corrected chi connectivity index (χ0v) is 20.9. The van der Waals surface area contributed by atoms with Gasteiger partial charge in [-0.15, -0.1) is 11.8 Å². The molecule has 1 fully saturated rings. The van der Waals surface area contributed by atoms with Crippen molar-refractivity contribution in [1.82, 2.24) is 0 Å². The first-order valence-corrected chi connectivity index (χ1v) is 14.0. The molecule has 0 spiro atoms. The van der Waals surface area contributed by atoms with Crippen LogP contribution in [0.5, 0.6) is 0 Å². The molecule has 0 saturated carbocycles. The van der Waals surface area contributed by atoms with Crippen molar-refractivity contribution < 1.29 is 14.3 Å². The van der Waals surface area contributed by atoms with Gasteiger partial charge in [-0.05, 0) is 33.5 Å². The standard InChI is InChI=1S/C25H36O3SSi/c1-18-19(2)24(29-6)28-22(23(18)26)17-27-30(25(3,4)5,20-13-9-7-10-14-20)21-15-11-8-12-16-21/h7-16,18-19,22-24,26H,17H2,1-6H3/t18-,19?,22?,23+,24+/m1/s1. The van der Waals surface area contributed by atoms with Crippen LogP contribution in [0.3, 0.4) is 0 Å². The Morgan fingerprint density at radius 2 is 1.43 bits per heavy atom. The maximum absolute atomic E-state index is 11.0. The molecule has 2 aromatic rings. The minimum atomic E-state index is -2.63. The van der Waals surface area contributed by atoms with Crippen molar-refractivity contribution in [2.24, 2.45) is 11.8 Å². The normalized spacial score (nSPS) is 27.8. The maximum atomic E-state index is 11.0. The SMILES string of the molecule is CS[C@@H]1OC(CO[Si](c2ccccc2)(c2ccccc2)C(C)(C)C)[C@@H](O)[C@H](C)C1C. The number of hydrogen-bond donors (Lipinski definition) is 1. The molecule has 5 atom stereocenters. The summed E-state index contributed by atoms with van der Waals surface area (Å²) in [6.07, 6.45) is 1.22. The van der Waals surface area contributed by atoms with Crippen LogP contribution in [0, 0.1) is 11.8 Å². The molecule has 1 aliphatic rings. The molecule has 1 saturated heterocycles. The van der Waals surface area contributed by atoms with Crippen LogP contribution in [0.4, 0.5) is 0 Å². The summed E-state index contributed by atoms with van der Waals surface area (Å²) in [7, 11) is -2.63. The lowest BCUT2D eigenvalue weighted by molar-refractivity contribution is -0.150. The molecule has 0 aromatic heterocycles. The molecule has 30 heavy (non-hydrogen) atoms. The molecule has 164 valence electrons. The van der Waals surface area contributed by atoms with Crippen LogP contribution >= 0.6 is 11.8 Å². The third kappa shape index (κ3) is 4.41. The predicted octanol–water partition coefficient (Wildman–Crippen LogP) is 4.28. The van der Waals surface area contributed by atoms with Crippen molar-refractivity contribution in [3.05, 3.63) is 60.7 Å². The van der Waals surface area contributed by atoms with E-state index in [0.717, 1.165) is 0 Å². The van der Waals surface area contributed by atoms with E-state index in [9.17, 15) is 5.11 Å². The number of thioether (sulfide) groups is 1. The number of rotatable bonds is 6. The van der Waals surface area contributed by atoms with E-state index < -0.39 is 14.4 Å². The van der Waals surface area contributed by atoms with E-state index in [1.807, 2.05) is 0 Å². The van der Waals surface area contributed by atoms with Gasteiger partial charge in [0.05, 0.1) is 12.7 Å². The Morgan fingerprint density at radius 1 is 0.933 bits per heavy atom. The topological polar surface area (TPSA) is 38.7 Å². The van der Waals surface area contributed by atoms with Crippen molar-refractivity contribution in [2.45, 2.75) is 57.3 Å². The molecule has 0 radical (unpaired) electrons. The third-order valence-corrected chi connectivity index (χ3v) is 12.6. The third-order valence-electron chi connectivity index (χ3n) is 6.60. The summed E-state index contributed by atoms with van der Waals surface area (Å²) in [5.74, 6) is 0.475. The molecule has 2 aromatic carbocycles. The highest BCUT2D eigenvalue weighted by molar-refractivity contribution is 7.99. The van der Waals surface area contributed by atoms with Crippen LogP contribution in [-0.2, 0) is 9.16 Å². The Morgan fingerprint density at radius 3 is 1.87 bits per heavy atom. The molecule has 1 heterocycles. The average molecular weight is 445 g/mol. The molecule has 0 amide bonds. The molecule has 3 rings (SSSR count). The second-order valence-electron chi connectivity index (χ2n) is 9.46.